The van der Waals surface area contributed by atoms with Gasteiger partial charge in [0, 0.05) is 5.02 Å². The van der Waals surface area contributed by atoms with Crippen molar-refractivity contribution in [1.82, 2.24) is 9.55 Å². The third-order valence-corrected chi connectivity index (χ3v) is 3.69. The Morgan fingerprint density at radius 3 is 2.75 bits per heavy atom. The molecule has 108 valence electrons. The fraction of sp³-hybridized carbons (Fsp3) is 0.417. The zero-order valence-electron chi connectivity index (χ0n) is 10.3. The van der Waals surface area contributed by atoms with Crippen molar-refractivity contribution in [3.05, 3.63) is 23.2 Å². The summed E-state index contributed by atoms with van der Waals surface area (Å²) < 4.78 is 6.94. The van der Waals surface area contributed by atoms with Gasteiger partial charge < -0.3 is 25.8 Å². The van der Waals surface area contributed by atoms with Gasteiger partial charge in [0.1, 0.15) is 18.3 Å². The van der Waals surface area contributed by atoms with Gasteiger partial charge in [-0.15, -0.1) is 0 Å². The van der Waals surface area contributed by atoms with Crippen molar-refractivity contribution in [3.8, 4) is 0 Å². The maximum atomic E-state index is 10.1. The van der Waals surface area contributed by atoms with Crippen LogP contribution in [0, 0.1) is 0 Å². The van der Waals surface area contributed by atoms with Crippen LogP contribution in [0.2, 0.25) is 5.02 Å². The topological polar surface area (TPSA) is 114 Å². The van der Waals surface area contributed by atoms with Crippen LogP contribution in [0.15, 0.2) is 18.2 Å². The van der Waals surface area contributed by atoms with Crippen LogP contribution in [-0.4, -0.2) is 49.8 Å². The highest BCUT2D eigenvalue weighted by Gasteiger charge is 2.44. The molecule has 1 aliphatic rings. The molecule has 20 heavy (non-hydrogen) atoms. The molecule has 4 atom stereocenters. The van der Waals surface area contributed by atoms with E-state index in [-0.39, 0.29) is 5.95 Å². The number of aromatic nitrogens is 2. The van der Waals surface area contributed by atoms with E-state index in [1.165, 1.54) is 4.57 Å². The van der Waals surface area contributed by atoms with E-state index in [0.717, 1.165) is 0 Å². The van der Waals surface area contributed by atoms with E-state index in [1.54, 1.807) is 18.2 Å². The van der Waals surface area contributed by atoms with Gasteiger partial charge in [-0.3, -0.25) is 4.57 Å². The van der Waals surface area contributed by atoms with Gasteiger partial charge in [0.15, 0.2) is 6.23 Å². The number of imidazole rings is 1. The summed E-state index contributed by atoms with van der Waals surface area (Å²) in [6.45, 7) is -0.396. The average Bonchev–Trinajstić information content (AvgIpc) is 2.87. The lowest BCUT2D eigenvalue weighted by Crippen LogP contribution is -2.33. The fourth-order valence-electron chi connectivity index (χ4n) is 2.45. The van der Waals surface area contributed by atoms with E-state index in [0.29, 0.717) is 16.1 Å². The zero-order valence-corrected chi connectivity index (χ0v) is 11.1. The molecule has 0 saturated carbocycles. The molecule has 0 spiro atoms. The smallest absolute Gasteiger partial charge is 0.203 e. The second-order valence-electron chi connectivity index (χ2n) is 4.70. The third kappa shape index (κ3) is 1.95. The average molecular weight is 300 g/mol. The second kappa shape index (κ2) is 4.87. The van der Waals surface area contributed by atoms with Crippen LogP contribution in [-0.2, 0) is 4.74 Å². The first-order chi connectivity index (χ1) is 9.52. The van der Waals surface area contributed by atoms with Gasteiger partial charge in [0.2, 0.25) is 5.95 Å². The zero-order chi connectivity index (χ0) is 14.4. The number of rotatable bonds is 2. The number of aliphatic hydroxyl groups excluding tert-OH is 3. The molecule has 1 aromatic carbocycles. The van der Waals surface area contributed by atoms with E-state index < -0.39 is 31.1 Å². The van der Waals surface area contributed by atoms with Crippen molar-refractivity contribution in [1.29, 1.82) is 0 Å². The Morgan fingerprint density at radius 2 is 2.10 bits per heavy atom. The third-order valence-electron chi connectivity index (χ3n) is 3.45. The number of nitrogens with two attached hydrogens (primary N) is 1. The van der Waals surface area contributed by atoms with Crippen LogP contribution in [0.25, 0.3) is 11.0 Å². The highest BCUT2D eigenvalue weighted by molar-refractivity contribution is 6.31. The highest BCUT2D eigenvalue weighted by Crippen LogP contribution is 2.34. The standard InChI is InChI=1S/C12H14ClN3O4/c13-5-1-2-7-6(3-5)15-12(14)16(7)11-10(19)9(18)8(4-17)20-11/h1-3,8-11,17-19H,4H2,(H2,14,15)/t8-,9-,10-,11-/m1/s1. The number of nitrogen functional groups attached to an aromatic ring is 1. The lowest BCUT2D eigenvalue weighted by atomic mass is 10.1. The van der Waals surface area contributed by atoms with Gasteiger partial charge in [-0.2, -0.15) is 0 Å². The number of benzene rings is 1. The van der Waals surface area contributed by atoms with E-state index in [1.807, 2.05) is 0 Å². The maximum Gasteiger partial charge on any atom is 0.203 e. The van der Waals surface area contributed by atoms with Gasteiger partial charge >= 0.3 is 0 Å². The van der Waals surface area contributed by atoms with E-state index in [2.05, 4.69) is 4.98 Å². The molecular weight excluding hydrogens is 286 g/mol. The largest absolute Gasteiger partial charge is 0.394 e. The molecule has 2 heterocycles. The summed E-state index contributed by atoms with van der Waals surface area (Å²) in [7, 11) is 0. The van der Waals surface area contributed by atoms with Crippen molar-refractivity contribution in [2.45, 2.75) is 24.5 Å². The maximum absolute atomic E-state index is 10.1. The summed E-state index contributed by atoms with van der Waals surface area (Å²) in [6, 6.07) is 5.02. The second-order valence-corrected chi connectivity index (χ2v) is 5.14. The molecule has 8 heteroatoms. The summed E-state index contributed by atoms with van der Waals surface area (Å²) in [5, 5.41) is 29.5. The Bertz CT molecular complexity index is 647. The number of ether oxygens (including phenoxy) is 1. The number of aliphatic hydroxyl groups is 3. The Morgan fingerprint density at radius 1 is 1.35 bits per heavy atom. The number of halogens is 1. The minimum Gasteiger partial charge on any atom is -0.394 e. The molecule has 0 bridgehead atoms. The van der Waals surface area contributed by atoms with Crippen LogP contribution >= 0.6 is 11.6 Å². The Labute approximate surface area is 119 Å². The first-order valence-corrected chi connectivity index (χ1v) is 6.46. The SMILES string of the molecule is Nc1nc2cc(Cl)ccc2n1[C@@H]1O[C@H](CO)[C@@H](O)[C@H]1O. The van der Waals surface area contributed by atoms with Crippen LogP contribution in [0.3, 0.4) is 0 Å². The predicted molar refractivity (Wildman–Crippen MR) is 72.2 cm³/mol. The van der Waals surface area contributed by atoms with Gasteiger partial charge in [-0.05, 0) is 18.2 Å². The molecule has 7 nitrogen and oxygen atoms in total. The number of hydrogen-bond donors (Lipinski definition) is 4. The van der Waals surface area contributed by atoms with E-state index in [4.69, 9.17) is 27.2 Å². The molecule has 0 unspecified atom stereocenters. The Hall–Kier alpha value is -1.38. The van der Waals surface area contributed by atoms with Gasteiger partial charge in [-0.1, -0.05) is 11.6 Å². The van der Waals surface area contributed by atoms with Crippen molar-refractivity contribution >= 4 is 28.6 Å². The minimum absolute atomic E-state index is 0.136. The van der Waals surface area contributed by atoms with Crippen molar-refractivity contribution < 1.29 is 20.1 Å². The summed E-state index contributed by atoms with van der Waals surface area (Å²) in [5.74, 6) is 0.136. The Balaban J connectivity index is 2.08. The first-order valence-electron chi connectivity index (χ1n) is 6.08. The number of nitrogens with zero attached hydrogens (tertiary/aromatic N) is 2. The lowest BCUT2D eigenvalue weighted by molar-refractivity contribution is -0.0498. The lowest BCUT2D eigenvalue weighted by Gasteiger charge is -2.18. The van der Waals surface area contributed by atoms with Crippen LogP contribution in [0.4, 0.5) is 5.95 Å². The summed E-state index contributed by atoms with van der Waals surface area (Å²) in [4.78, 5) is 4.15. The molecule has 0 radical (unpaired) electrons. The van der Waals surface area contributed by atoms with Crippen LogP contribution in [0.5, 0.6) is 0 Å². The van der Waals surface area contributed by atoms with Gasteiger partial charge in [0.05, 0.1) is 17.6 Å². The molecule has 1 fully saturated rings. The molecule has 1 aromatic heterocycles. The monoisotopic (exact) mass is 299 g/mol. The van der Waals surface area contributed by atoms with Crippen molar-refractivity contribution in [3.63, 3.8) is 0 Å². The summed E-state index contributed by atoms with van der Waals surface area (Å²) in [6.07, 6.45) is -4.16. The normalized spacial score (nSPS) is 30.2. The predicted octanol–water partition coefficient (Wildman–Crippen LogP) is -0.117. The molecule has 2 aromatic rings. The minimum atomic E-state index is -1.21. The molecular formula is C12H14ClN3O4. The first kappa shape index (κ1) is 13.6. The fourth-order valence-corrected chi connectivity index (χ4v) is 2.62. The number of hydrogen-bond acceptors (Lipinski definition) is 6. The van der Waals surface area contributed by atoms with Gasteiger partial charge in [0.25, 0.3) is 0 Å². The molecule has 5 N–H and O–H groups in total. The quantitative estimate of drug-likeness (QED) is 0.615. The van der Waals surface area contributed by atoms with Crippen molar-refractivity contribution in [2.24, 2.45) is 0 Å². The van der Waals surface area contributed by atoms with Gasteiger partial charge in [-0.25, -0.2) is 4.98 Å². The summed E-state index contributed by atoms with van der Waals surface area (Å²) >= 11 is 5.89. The molecule has 1 aliphatic heterocycles. The van der Waals surface area contributed by atoms with Crippen LogP contribution in [0.1, 0.15) is 6.23 Å². The van der Waals surface area contributed by atoms with E-state index in [9.17, 15) is 10.2 Å². The van der Waals surface area contributed by atoms with Crippen LogP contribution < -0.4 is 5.73 Å². The Kier molecular flexibility index (Phi) is 3.31. The summed E-state index contributed by atoms with van der Waals surface area (Å²) in [5.41, 5.74) is 7.04. The van der Waals surface area contributed by atoms with Crippen molar-refractivity contribution in [2.75, 3.05) is 12.3 Å². The number of fused-ring (bicyclic) bond motifs is 1. The highest BCUT2D eigenvalue weighted by atomic mass is 35.5. The van der Waals surface area contributed by atoms with E-state index >= 15 is 0 Å². The molecule has 1 saturated heterocycles. The number of anilines is 1. The molecule has 3 rings (SSSR count). The molecule has 0 amide bonds. The molecule has 0 aliphatic carbocycles.